The molecule has 6 nitrogen and oxygen atoms in total. The lowest BCUT2D eigenvalue weighted by atomic mass is 9.73. The number of amides is 4. The molecule has 0 radical (unpaired) electrons. The first-order valence-corrected chi connectivity index (χ1v) is 10.5. The van der Waals surface area contributed by atoms with Crippen molar-refractivity contribution in [1.82, 2.24) is 15.1 Å². The summed E-state index contributed by atoms with van der Waals surface area (Å²) < 4.78 is 0. The minimum atomic E-state index is -0.796. The van der Waals surface area contributed by atoms with E-state index in [1.165, 1.54) is 5.56 Å². The lowest BCUT2D eigenvalue weighted by Gasteiger charge is -2.37. The Hall–Kier alpha value is -2.37. The van der Waals surface area contributed by atoms with Gasteiger partial charge in [-0.25, -0.2) is 4.79 Å². The molecule has 1 saturated carbocycles. The van der Waals surface area contributed by atoms with Gasteiger partial charge in [0.25, 0.3) is 5.91 Å². The average Bonchev–Trinajstić information content (AvgIpc) is 2.96. The molecule has 2 heterocycles. The van der Waals surface area contributed by atoms with Crippen LogP contribution in [0.3, 0.4) is 0 Å². The summed E-state index contributed by atoms with van der Waals surface area (Å²) in [5.41, 5.74) is 0.521. The number of rotatable bonds is 3. The highest BCUT2D eigenvalue weighted by Gasteiger charge is 2.55. The van der Waals surface area contributed by atoms with Crippen molar-refractivity contribution >= 4 is 17.8 Å². The van der Waals surface area contributed by atoms with Crippen LogP contribution in [0.2, 0.25) is 0 Å². The van der Waals surface area contributed by atoms with E-state index in [4.69, 9.17) is 0 Å². The van der Waals surface area contributed by atoms with Crippen LogP contribution >= 0.6 is 0 Å². The fourth-order valence-corrected chi connectivity index (χ4v) is 5.06. The second-order valence-electron chi connectivity index (χ2n) is 8.51. The largest absolute Gasteiger partial charge is 0.341 e. The lowest BCUT2D eigenvalue weighted by Crippen LogP contribution is -2.54. The number of likely N-dealkylation sites (tertiary alicyclic amines) is 1. The monoisotopic (exact) mass is 383 g/mol. The molecule has 150 valence electrons. The molecule has 2 unspecified atom stereocenters. The third-order valence-corrected chi connectivity index (χ3v) is 6.91. The van der Waals surface area contributed by atoms with Gasteiger partial charge in [0.05, 0.1) is 0 Å². The van der Waals surface area contributed by atoms with Crippen LogP contribution in [0.1, 0.15) is 56.9 Å². The second kappa shape index (κ2) is 7.57. The summed E-state index contributed by atoms with van der Waals surface area (Å²) in [5, 5.41) is 2.92. The minimum absolute atomic E-state index is 0.111. The summed E-state index contributed by atoms with van der Waals surface area (Å²) in [4.78, 5) is 41.3. The molecule has 2 aliphatic heterocycles. The summed E-state index contributed by atoms with van der Waals surface area (Å²) in [6, 6.07) is 9.98. The summed E-state index contributed by atoms with van der Waals surface area (Å²) in [6.07, 6.45) is 5.45. The average molecular weight is 383 g/mol. The van der Waals surface area contributed by atoms with Crippen LogP contribution in [-0.4, -0.2) is 52.8 Å². The van der Waals surface area contributed by atoms with Crippen molar-refractivity contribution in [2.24, 2.45) is 5.92 Å². The van der Waals surface area contributed by atoms with E-state index in [2.05, 4.69) is 17.4 Å². The van der Waals surface area contributed by atoms with Crippen LogP contribution in [0.5, 0.6) is 0 Å². The topological polar surface area (TPSA) is 69.7 Å². The van der Waals surface area contributed by atoms with Crippen molar-refractivity contribution in [1.29, 1.82) is 0 Å². The van der Waals surface area contributed by atoms with Crippen molar-refractivity contribution < 1.29 is 14.4 Å². The van der Waals surface area contributed by atoms with Gasteiger partial charge in [-0.2, -0.15) is 0 Å². The van der Waals surface area contributed by atoms with Crippen LogP contribution in [0, 0.1) is 5.92 Å². The number of urea groups is 1. The van der Waals surface area contributed by atoms with Crippen LogP contribution < -0.4 is 5.32 Å². The number of nitrogens with one attached hydrogen (secondary N) is 1. The first-order chi connectivity index (χ1) is 13.5. The maximum atomic E-state index is 13.0. The molecule has 1 aromatic carbocycles. The molecule has 1 spiro atoms. The van der Waals surface area contributed by atoms with E-state index in [0.717, 1.165) is 37.0 Å². The van der Waals surface area contributed by atoms with Gasteiger partial charge >= 0.3 is 6.03 Å². The summed E-state index contributed by atoms with van der Waals surface area (Å²) >= 11 is 0. The Kier molecular flexibility index (Phi) is 5.13. The normalized spacial score (nSPS) is 28.7. The SMILES string of the molecule is CC1CCCCC12NC(=O)N(CC(=O)N1CCC(c3ccccc3)CC1)C2=O. The number of imide groups is 1. The molecule has 0 bridgehead atoms. The molecule has 2 saturated heterocycles. The Balaban J connectivity index is 1.36. The number of piperidine rings is 1. The van der Waals surface area contributed by atoms with Gasteiger partial charge in [-0.15, -0.1) is 0 Å². The summed E-state index contributed by atoms with van der Waals surface area (Å²) in [7, 11) is 0. The summed E-state index contributed by atoms with van der Waals surface area (Å²) in [5.74, 6) is 0.237. The molecule has 4 amide bonds. The van der Waals surface area contributed by atoms with Gasteiger partial charge in [0.15, 0.2) is 0 Å². The van der Waals surface area contributed by atoms with Gasteiger partial charge in [-0.3, -0.25) is 14.5 Å². The Morgan fingerprint density at radius 3 is 2.50 bits per heavy atom. The molecular formula is C22H29N3O3. The van der Waals surface area contributed by atoms with Gasteiger partial charge in [0, 0.05) is 13.1 Å². The third-order valence-electron chi connectivity index (χ3n) is 6.91. The molecule has 28 heavy (non-hydrogen) atoms. The Bertz CT molecular complexity index is 758. The molecule has 3 fully saturated rings. The first kappa shape index (κ1) is 19.0. The van der Waals surface area contributed by atoms with E-state index < -0.39 is 11.6 Å². The standard InChI is InChI=1S/C22H29N3O3/c1-16-7-5-6-12-22(16)20(27)25(21(28)23-22)15-19(26)24-13-10-18(11-14-24)17-8-3-2-4-9-17/h2-4,8-9,16,18H,5-7,10-15H2,1H3,(H,23,28). The number of nitrogens with zero attached hydrogens (tertiary/aromatic N) is 2. The number of hydrogen-bond donors (Lipinski definition) is 1. The highest BCUT2D eigenvalue weighted by Crippen LogP contribution is 2.38. The van der Waals surface area contributed by atoms with E-state index in [0.29, 0.717) is 25.4 Å². The number of hydrogen-bond acceptors (Lipinski definition) is 3. The Morgan fingerprint density at radius 1 is 1.11 bits per heavy atom. The Morgan fingerprint density at radius 2 is 1.82 bits per heavy atom. The van der Waals surface area contributed by atoms with Gasteiger partial charge in [0.1, 0.15) is 12.1 Å². The summed E-state index contributed by atoms with van der Waals surface area (Å²) in [6.45, 7) is 3.22. The van der Waals surface area contributed by atoms with Crippen LogP contribution in [0.25, 0.3) is 0 Å². The predicted molar refractivity (Wildman–Crippen MR) is 106 cm³/mol. The van der Waals surface area contributed by atoms with E-state index in [9.17, 15) is 14.4 Å². The molecule has 0 aromatic heterocycles. The molecule has 2 atom stereocenters. The molecule has 1 N–H and O–H groups in total. The third kappa shape index (κ3) is 3.29. The maximum absolute atomic E-state index is 13.0. The van der Waals surface area contributed by atoms with Gasteiger partial charge < -0.3 is 10.2 Å². The maximum Gasteiger partial charge on any atom is 0.325 e. The molecular weight excluding hydrogens is 354 g/mol. The van der Waals surface area contributed by atoms with Crippen molar-refractivity contribution in [2.45, 2.75) is 56.9 Å². The van der Waals surface area contributed by atoms with Crippen molar-refractivity contribution in [3.05, 3.63) is 35.9 Å². The highest BCUT2D eigenvalue weighted by atomic mass is 16.2. The van der Waals surface area contributed by atoms with E-state index in [1.807, 2.05) is 25.1 Å². The van der Waals surface area contributed by atoms with Gasteiger partial charge in [-0.05, 0) is 43.1 Å². The zero-order chi connectivity index (χ0) is 19.7. The van der Waals surface area contributed by atoms with E-state index >= 15 is 0 Å². The van der Waals surface area contributed by atoms with Crippen LogP contribution in [0.4, 0.5) is 4.79 Å². The van der Waals surface area contributed by atoms with Crippen molar-refractivity contribution in [3.63, 3.8) is 0 Å². The van der Waals surface area contributed by atoms with Gasteiger partial charge in [-0.1, -0.05) is 50.1 Å². The second-order valence-corrected chi connectivity index (χ2v) is 8.51. The quantitative estimate of drug-likeness (QED) is 0.816. The first-order valence-electron chi connectivity index (χ1n) is 10.5. The zero-order valence-electron chi connectivity index (χ0n) is 16.5. The molecule has 4 rings (SSSR count). The molecule has 6 heteroatoms. The van der Waals surface area contributed by atoms with Crippen LogP contribution in [0.15, 0.2) is 30.3 Å². The smallest absolute Gasteiger partial charge is 0.325 e. The molecule has 3 aliphatic rings. The fourth-order valence-electron chi connectivity index (χ4n) is 5.06. The molecule has 1 aliphatic carbocycles. The number of benzene rings is 1. The zero-order valence-corrected chi connectivity index (χ0v) is 16.5. The van der Waals surface area contributed by atoms with Crippen molar-refractivity contribution in [2.75, 3.05) is 19.6 Å². The number of carbonyl (C=O) groups excluding carboxylic acids is 3. The van der Waals surface area contributed by atoms with Gasteiger partial charge in [0.2, 0.25) is 5.91 Å². The fraction of sp³-hybridized carbons (Fsp3) is 0.591. The lowest BCUT2D eigenvalue weighted by molar-refractivity contribution is -0.141. The van der Waals surface area contributed by atoms with E-state index in [-0.39, 0.29) is 24.3 Å². The molecule has 1 aromatic rings. The Labute approximate surface area is 166 Å². The van der Waals surface area contributed by atoms with Crippen molar-refractivity contribution in [3.8, 4) is 0 Å². The number of carbonyl (C=O) groups is 3. The minimum Gasteiger partial charge on any atom is -0.341 e. The van der Waals surface area contributed by atoms with E-state index in [1.54, 1.807) is 4.90 Å². The predicted octanol–water partition coefficient (Wildman–Crippen LogP) is 2.89. The van der Waals surface area contributed by atoms with Crippen LogP contribution in [-0.2, 0) is 9.59 Å². The highest BCUT2D eigenvalue weighted by molar-refractivity contribution is 6.09.